The van der Waals surface area contributed by atoms with Crippen molar-refractivity contribution in [3.63, 3.8) is 0 Å². The van der Waals surface area contributed by atoms with E-state index >= 15 is 0 Å². The minimum atomic E-state index is -4.06. The number of hydrogen-bond acceptors (Lipinski definition) is 7. The maximum atomic E-state index is 13.4. The largest absolute Gasteiger partial charge is 0.493 e. The average molecular weight is 604 g/mol. The second kappa shape index (κ2) is 12.5. The minimum Gasteiger partial charge on any atom is -0.493 e. The van der Waals surface area contributed by atoms with Crippen molar-refractivity contribution in [2.75, 3.05) is 25.5 Å². The number of anilines is 1. The summed E-state index contributed by atoms with van der Waals surface area (Å²) >= 11 is 0.990. The summed E-state index contributed by atoms with van der Waals surface area (Å²) in [5.74, 6) is 0.796. The fraction of sp³-hybridized carbons (Fsp3) is 0.161. The molecule has 42 heavy (non-hydrogen) atoms. The lowest BCUT2D eigenvalue weighted by Crippen LogP contribution is -2.27. The maximum Gasteiger partial charge on any atom is 0.308 e. The highest BCUT2D eigenvalue weighted by molar-refractivity contribution is 7.92. The third-order valence-electron chi connectivity index (χ3n) is 6.70. The zero-order chi connectivity index (χ0) is 29.7. The van der Waals surface area contributed by atoms with Crippen molar-refractivity contribution in [3.8, 4) is 11.5 Å². The van der Waals surface area contributed by atoms with Crippen molar-refractivity contribution in [2.45, 2.75) is 17.9 Å². The number of carbonyl (C=O) groups is 1. The van der Waals surface area contributed by atoms with E-state index < -0.39 is 15.9 Å². The Morgan fingerprint density at radius 1 is 0.857 bits per heavy atom. The number of methoxy groups -OCH3 is 2. The monoisotopic (exact) mass is 603 g/mol. The molecular formula is C31H29N3O6S2. The summed E-state index contributed by atoms with van der Waals surface area (Å²) in [5.41, 5.74) is 2.90. The molecule has 0 fully saturated rings. The number of rotatable bonds is 11. The van der Waals surface area contributed by atoms with Gasteiger partial charge in [0.1, 0.15) is 0 Å². The predicted octanol–water partition coefficient (Wildman–Crippen LogP) is 4.90. The highest BCUT2D eigenvalue weighted by atomic mass is 32.2. The molecule has 0 spiro atoms. The lowest BCUT2D eigenvalue weighted by molar-refractivity contribution is 0.0955. The molecule has 5 rings (SSSR count). The zero-order valence-corrected chi connectivity index (χ0v) is 24.6. The molecule has 9 nitrogen and oxygen atoms in total. The van der Waals surface area contributed by atoms with Gasteiger partial charge in [0.2, 0.25) is 0 Å². The number of aromatic nitrogens is 1. The Hall–Kier alpha value is -4.61. The SMILES string of the molecule is COc1ccc(CCNC(=O)c2ccccc2NS(=O)(=O)c2ccc3c(c2)sc(=O)n3Cc2ccccc2)cc1OC. The van der Waals surface area contributed by atoms with Crippen LogP contribution >= 0.6 is 11.3 Å². The van der Waals surface area contributed by atoms with E-state index in [1.165, 1.54) is 18.2 Å². The summed E-state index contributed by atoms with van der Waals surface area (Å²) in [6.45, 7) is 0.712. The number of para-hydroxylation sites is 1. The summed E-state index contributed by atoms with van der Waals surface area (Å²) in [4.78, 5) is 25.6. The summed E-state index contributed by atoms with van der Waals surface area (Å²) < 4.78 is 42.1. The van der Waals surface area contributed by atoms with Crippen LogP contribution in [0.25, 0.3) is 10.2 Å². The molecule has 0 bridgehead atoms. The number of fused-ring (bicyclic) bond motifs is 1. The van der Waals surface area contributed by atoms with Gasteiger partial charge in [-0.2, -0.15) is 0 Å². The van der Waals surface area contributed by atoms with Crippen molar-refractivity contribution < 1.29 is 22.7 Å². The van der Waals surface area contributed by atoms with Gasteiger partial charge in [-0.1, -0.05) is 59.9 Å². The molecule has 5 aromatic rings. The summed E-state index contributed by atoms with van der Waals surface area (Å²) in [5, 5.41) is 2.85. The van der Waals surface area contributed by atoms with Gasteiger partial charge >= 0.3 is 4.87 Å². The number of carbonyl (C=O) groups excluding carboxylic acids is 1. The molecule has 4 aromatic carbocycles. The van der Waals surface area contributed by atoms with Crippen molar-refractivity contribution in [3.05, 3.63) is 117 Å². The molecule has 0 saturated heterocycles. The number of nitrogens with zero attached hydrogens (tertiary/aromatic N) is 1. The molecule has 0 aliphatic carbocycles. The van der Waals surface area contributed by atoms with Gasteiger partial charge < -0.3 is 14.8 Å². The first-order valence-electron chi connectivity index (χ1n) is 13.1. The average Bonchev–Trinajstić information content (AvgIpc) is 3.31. The molecule has 0 saturated carbocycles. The van der Waals surface area contributed by atoms with Gasteiger partial charge in [-0.05, 0) is 60.0 Å². The quantitative estimate of drug-likeness (QED) is 0.222. The molecule has 1 amide bonds. The van der Waals surface area contributed by atoms with Crippen LogP contribution in [0.5, 0.6) is 11.5 Å². The molecule has 1 aromatic heterocycles. The predicted molar refractivity (Wildman–Crippen MR) is 164 cm³/mol. The van der Waals surface area contributed by atoms with Crippen molar-refractivity contribution in [1.82, 2.24) is 9.88 Å². The van der Waals surface area contributed by atoms with Gasteiger partial charge in [0.05, 0.1) is 47.1 Å². The number of hydrogen-bond donors (Lipinski definition) is 2. The Balaban J connectivity index is 1.30. The van der Waals surface area contributed by atoms with Crippen LogP contribution in [0.3, 0.4) is 0 Å². The smallest absolute Gasteiger partial charge is 0.308 e. The van der Waals surface area contributed by atoms with E-state index in [9.17, 15) is 18.0 Å². The third kappa shape index (κ3) is 6.32. The number of ether oxygens (including phenoxy) is 2. The van der Waals surface area contributed by atoms with Crippen LogP contribution in [0, 0.1) is 0 Å². The van der Waals surface area contributed by atoms with E-state index in [0.717, 1.165) is 22.5 Å². The maximum absolute atomic E-state index is 13.4. The first-order chi connectivity index (χ1) is 20.3. The topological polar surface area (TPSA) is 116 Å². The van der Waals surface area contributed by atoms with Crippen molar-refractivity contribution in [2.24, 2.45) is 0 Å². The molecule has 0 radical (unpaired) electrons. The lowest BCUT2D eigenvalue weighted by Gasteiger charge is -2.13. The van der Waals surface area contributed by atoms with Crippen LogP contribution < -0.4 is 24.4 Å². The molecule has 0 aliphatic rings. The van der Waals surface area contributed by atoms with E-state index in [0.29, 0.717) is 41.2 Å². The van der Waals surface area contributed by atoms with Crippen LogP contribution in [0.1, 0.15) is 21.5 Å². The standard InChI is InChI=1S/C31H29N3O6S2/c1-39-27-15-12-21(18-28(27)40-2)16-17-32-30(35)24-10-6-7-11-25(24)33-42(37,38)23-13-14-26-29(19-23)41-31(36)34(26)20-22-8-4-3-5-9-22/h3-15,18-19,33H,16-17,20H2,1-2H3,(H,32,35). The van der Waals surface area contributed by atoms with Crippen molar-refractivity contribution >= 4 is 43.2 Å². The number of nitrogens with one attached hydrogen (secondary N) is 2. The second-order valence-corrected chi connectivity index (χ2v) is 12.1. The molecule has 0 aliphatic heterocycles. The third-order valence-corrected chi connectivity index (χ3v) is 9.00. The first-order valence-corrected chi connectivity index (χ1v) is 15.4. The highest BCUT2D eigenvalue weighted by Gasteiger charge is 2.20. The Bertz CT molecular complexity index is 1900. The lowest BCUT2D eigenvalue weighted by atomic mass is 10.1. The van der Waals surface area contributed by atoms with E-state index in [4.69, 9.17) is 9.47 Å². The second-order valence-electron chi connectivity index (χ2n) is 9.42. The first kappa shape index (κ1) is 28.9. The Morgan fingerprint density at radius 3 is 2.36 bits per heavy atom. The van der Waals surface area contributed by atoms with Gasteiger partial charge in [0.15, 0.2) is 11.5 Å². The Labute approximate surface area is 247 Å². The Kier molecular flexibility index (Phi) is 8.60. The van der Waals surface area contributed by atoms with Crippen LogP contribution in [-0.4, -0.2) is 39.7 Å². The van der Waals surface area contributed by atoms with Crippen LogP contribution in [0.4, 0.5) is 5.69 Å². The number of benzene rings is 4. The number of amides is 1. The summed E-state index contributed by atoms with van der Waals surface area (Å²) in [6, 6.07) is 26.1. The molecular weight excluding hydrogens is 574 g/mol. The summed E-state index contributed by atoms with van der Waals surface area (Å²) in [7, 11) is -0.939. The molecule has 216 valence electrons. The van der Waals surface area contributed by atoms with Crippen LogP contribution in [0.2, 0.25) is 0 Å². The van der Waals surface area contributed by atoms with Gasteiger partial charge in [-0.3, -0.25) is 18.9 Å². The van der Waals surface area contributed by atoms with Gasteiger partial charge in [-0.15, -0.1) is 0 Å². The van der Waals surface area contributed by atoms with E-state index in [2.05, 4.69) is 10.0 Å². The van der Waals surface area contributed by atoms with Gasteiger partial charge in [-0.25, -0.2) is 8.42 Å². The van der Waals surface area contributed by atoms with E-state index in [1.807, 2.05) is 42.5 Å². The summed E-state index contributed by atoms with van der Waals surface area (Å²) in [6.07, 6.45) is 0.535. The minimum absolute atomic E-state index is 0.00762. The fourth-order valence-electron chi connectivity index (χ4n) is 4.56. The molecule has 11 heteroatoms. The van der Waals surface area contributed by atoms with E-state index in [1.54, 1.807) is 49.1 Å². The number of thiazole rings is 1. The molecule has 0 unspecified atom stereocenters. The van der Waals surface area contributed by atoms with Crippen LogP contribution in [-0.2, 0) is 23.0 Å². The highest BCUT2D eigenvalue weighted by Crippen LogP contribution is 2.28. The van der Waals surface area contributed by atoms with Gasteiger partial charge in [0.25, 0.3) is 15.9 Å². The normalized spacial score (nSPS) is 11.3. The molecule has 0 atom stereocenters. The zero-order valence-electron chi connectivity index (χ0n) is 23.0. The molecule has 1 heterocycles. The molecule has 2 N–H and O–H groups in total. The van der Waals surface area contributed by atoms with E-state index in [-0.39, 0.29) is 21.0 Å². The Morgan fingerprint density at radius 2 is 1.60 bits per heavy atom. The van der Waals surface area contributed by atoms with Crippen LogP contribution in [0.15, 0.2) is 101 Å². The number of sulfonamides is 1. The fourth-order valence-corrected chi connectivity index (χ4v) is 6.67. The van der Waals surface area contributed by atoms with Gasteiger partial charge in [0, 0.05) is 6.54 Å². The van der Waals surface area contributed by atoms with Crippen molar-refractivity contribution in [1.29, 1.82) is 0 Å².